The molecule has 2 rings (SSSR count). The summed E-state index contributed by atoms with van der Waals surface area (Å²) in [6, 6.07) is 7.70. The molecule has 0 spiro atoms. The average Bonchev–Trinajstić information content (AvgIpc) is 2.86. The van der Waals surface area contributed by atoms with Gasteiger partial charge in [-0.1, -0.05) is 13.0 Å². The summed E-state index contributed by atoms with van der Waals surface area (Å²) in [6.45, 7) is 2.90. The standard InChI is InChI=1S/C15H17F2NS/c1-2-5-18-15(10-14-4-3-6-19-14)11-7-12(16)9-13(17)8-11/h3-4,6-9,15,18H,2,5,10H2,1H3. The summed E-state index contributed by atoms with van der Waals surface area (Å²) < 4.78 is 26.6. The lowest BCUT2D eigenvalue weighted by Gasteiger charge is -2.18. The maximum Gasteiger partial charge on any atom is 0.126 e. The molecule has 0 fully saturated rings. The lowest BCUT2D eigenvalue weighted by atomic mass is 10.0. The van der Waals surface area contributed by atoms with Gasteiger partial charge in [0.05, 0.1) is 0 Å². The lowest BCUT2D eigenvalue weighted by Crippen LogP contribution is -2.24. The van der Waals surface area contributed by atoms with Gasteiger partial charge in [-0.3, -0.25) is 0 Å². The van der Waals surface area contributed by atoms with E-state index < -0.39 is 11.6 Å². The molecule has 1 aromatic heterocycles. The highest BCUT2D eigenvalue weighted by atomic mass is 32.1. The van der Waals surface area contributed by atoms with Gasteiger partial charge in [-0.2, -0.15) is 0 Å². The third-order valence-corrected chi connectivity index (χ3v) is 3.81. The van der Waals surface area contributed by atoms with Crippen LogP contribution in [-0.4, -0.2) is 6.54 Å². The van der Waals surface area contributed by atoms with E-state index in [2.05, 4.69) is 12.2 Å². The molecule has 0 bridgehead atoms. The van der Waals surface area contributed by atoms with Gasteiger partial charge in [0.25, 0.3) is 0 Å². The normalized spacial score (nSPS) is 12.6. The molecule has 1 aromatic carbocycles. The van der Waals surface area contributed by atoms with Crippen LogP contribution in [0.25, 0.3) is 0 Å². The zero-order chi connectivity index (χ0) is 13.7. The summed E-state index contributed by atoms with van der Waals surface area (Å²) in [7, 11) is 0. The molecule has 0 aliphatic rings. The minimum atomic E-state index is -0.524. The Kier molecular flexibility index (Phi) is 5.05. The minimum Gasteiger partial charge on any atom is -0.310 e. The van der Waals surface area contributed by atoms with Crippen molar-refractivity contribution in [3.05, 3.63) is 57.8 Å². The third-order valence-electron chi connectivity index (χ3n) is 2.91. The number of nitrogens with one attached hydrogen (secondary N) is 1. The smallest absolute Gasteiger partial charge is 0.126 e. The number of rotatable bonds is 6. The molecule has 0 radical (unpaired) electrons. The average molecular weight is 281 g/mol. The molecule has 102 valence electrons. The third kappa shape index (κ3) is 4.11. The first-order valence-electron chi connectivity index (χ1n) is 6.40. The van der Waals surface area contributed by atoms with Crippen molar-refractivity contribution in [2.75, 3.05) is 6.54 Å². The van der Waals surface area contributed by atoms with Crippen LogP contribution in [0.5, 0.6) is 0 Å². The molecule has 0 saturated heterocycles. The molecule has 4 heteroatoms. The van der Waals surface area contributed by atoms with Gasteiger partial charge in [0, 0.05) is 23.4 Å². The van der Waals surface area contributed by atoms with Crippen molar-refractivity contribution >= 4 is 11.3 Å². The Labute approximate surface area is 116 Å². The van der Waals surface area contributed by atoms with Crippen LogP contribution in [0.15, 0.2) is 35.7 Å². The Morgan fingerprint density at radius 2 is 1.95 bits per heavy atom. The minimum absolute atomic E-state index is 0.0520. The SMILES string of the molecule is CCCNC(Cc1cccs1)c1cc(F)cc(F)c1. The molecule has 1 nitrogen and oxygen atoms in total. The van der Waals surface area contributed by atoms with Crippen molar-refractivity contribution in [1.29, 1.82) is 0 Å². The van der Waals surface area contributed by atoms with Crippen LogP contribution in [0.4, 0.5) is 8.78 Å². The summed E-state index contributed by atoms with van der Waals surface area (Å²) in [4.78, 5) is 1.21. The van der Waals surface area contributed by atoms with Crippen molar-refractivity contribution in [2.45, 2.75) is 25.8 Å². The van der Waals surface area contributed by atoms with Crippen molar-refractivity contribution < 1.29 is 8.78 Å². The lowest BCUT2D eigenvalue weighted by molar-refractivity contribution is 0.517. The monoisotopic (exact) mass is 281 g/mol. The van der Waals surface area contributed by atoms with Gasteiger partial charge >= 0.3 is 0 Å². The van der Waals surface area contributed by atoms with E-state index in [1.165, 1.54) is 17.0 Å². The fourth-order valence-corrected chi connectivity index (χ4v) is 2.78. The van der Waals surface area contributed by atoms with Crippen LogP contribution in [0.3, 0.4) is 0 Å². The molecule has 1 heterocycles. The van der Waals surface area contributed by atoms with E-state index in [-0.39, 0.29) is 6.04 Å². The molecule has 1 unspecified atom stereocenters. The first-order valence-corrected chi connectivity index (χ1v) is 7.28. The maximum atomic E-state index is 13.3. The first kappa shape index (κ1) is 14.2. The fraction of sp³-hybridized carbons (Fsp3) is 0.333. The summed E-state index contributed by atoms with van der Waals surface area (Å²) in [6.07, 6.45) is 1.74. The van der Waals surface area contributed by atoms with Crippen molar-refractivity contribution in [2.24, 2.45) is 0 Å². The number of hydrogen-bond acceptors (Lipinski definition) is 2. The van der Waals surface area contributed by atoms with Gasteiger partial charge in [-0.25, -0.2) is 8.78 Å². The molecular weight excluding hydrogens is 264 g/mol. The maximum absolute atomic E-state index is 13.3. The number of thiophene rings is 1. The van der Waals surface area contributed by atoms with E-state index in [1.807, 2.05) is 17.5 Å². The van der Waals surface area contributed by atoms with Crippen LogP contribution in [0.2, 0.25) is 0 Å². The highest BCUT2D eigenvalue weighted by Gasteiger charge is 2.14. The predicted molar refractivity (Wildman–Crippen MR) is 75.4 cm³/mol. The molecule has 0 amide bonds. The van der Waals surface area contributed by atoms with Gasteiger partial charge in [-0.15, -0.1) is 11.3 Å². The highest BCUT2D eigenvalue weighted by Crippen LogP contribution is 2.23. The summed E-state index contributed by atoms with van der Waals surface area (Å²) >= 11 is 1.66. The van der Waals surface area contributed by atoms with Crippen LogP contribution in [0, 0.1) is 11.6 Å². The second-order valence-corrected chi connectivity index (χ2v) is 5.53. The van der Waals surface area contributed by atoms with E-state index in [1.54, 1.807) is 11.3 Å². The number of benzene rings is 1. The van der Waals surface area contributed by atoms with Crippen LogP contribution >= 0.6 is 11.3 Å². The predicted octanol–water partition coefficient (Wildman–Crippen LogP) is 4.31. The van der Waals surface area contributed by atoms with Crippen LogP contribution < -0.4 is 5.32 Å². The van der Waals surface area contributed by atoms with Gasteiger partial charge < -0.3 is 5.32 Å². The molecule has 1 N–H and O–H groups in total. The number of hydrogen-bond donors (Lipinski definition) is 1. The van der Waals surface area contributed by atoms with Gasteiger partial charge in [0.1, 0.15) is 11.6 Å². The Bertz CT molecular complexity index is 491. The van der Waals surface area contributed by atoms with E-state index in [0.717, 1.165) is 25.5 Å². The summed E-state index contributed by atoms with van der Waals surface area (Å²) in [5, 5.41) is 5.36. The molecule has 0 saturated carbocycles. The second-order valence-electron chi connectivity index (χ2n) is 4.49. The highest BCUT2D eigenvalue weighted by molar-refractivity contribution is 7.09. The molecule has 19 heavy (non-hydrogen) atoms. The van der Waals surface area contributed by atoms with Crippen LogP contribution in [0.1, 0.15) is 29.8 Å². The van der Waals surface area contributed by atoms with E-state index >= 15 is 0 Å². The van der Waals surface area contributed by atoms with Gasteiger partial charge in [-0.05, 0) is 42.1 Å². The zero-order valence-corrected chi connectivity index (χ0v) is 11.6. The van der Waals surface area contributed by atoms with Crippen molar-refractivity contribution in [3.8, 4) is 0 Å². The quantitative estimate of drug-likeness (QED) is 0.832. The molecule has 0 aliphatic carbocycles. The summed E-state index contributed by atoms with van der Waals surface area (Å²) in [5.74, 6) is -1.05. The van der Waals surface area contributed by atoms with E-state index in [0.29, 0.717) is 5.56 Å². The summed E-state index contributed by atoms with van der Waals surface area (Å²) in [5.41, 5.74) is 0.666. The Hall–Kier alpha value is -1.26. The molecular formula is C15H17F2NS. The Morgan fingerprint density at radius 3 is 2.53 bits per heavy atom. The molecule has 0 aliphatic heterocycles. The second kappa shape index (κ2) is 6.78. The Morgan fingerprint density at radius 1 is 1.21 bits per heavy atom. The van der Waals surface area contributed by atoms with E-state index in [4.69, 9.17) is 0 Å². The van der Waals surface area contributed by atoms with Crippen LogP contribution in [-0.2, 0) is 6.42 Å². The Balaban J connectivity index is 2.20. The topological polar surface area (TPSA) is 12.0 Å². The first-order chi connectivity index (χ1) is 9.19. The van der Waals surface area contributed by atoms with Gasteiger partial charge in [0.15, 0.2) is 0 Å². The number of halogens is 2. The molecule has 2 aromatic rings. The zero-order valence-electron chi connectivity index (χ0n) is 10.8. The van der Waals surface area contributed by atoms with E-state index in [9.17, 15) is 8.78 Å². The van der Waals surface area contributed by atoms with Crippen molar-refractivity contribution in [3.63, 3.8) is 0 Å². The van der Waals surface area contributed by atoms with Gasteiger partial charge in [0.2, 0.25) is 0 Å². The molecule has 1 atom stereocenters. The largest absolute Gasteiger partial charge is 0.310 e. The fourth-order valence-electron chi connectivity index (χ4n) is 2.03. The van der Waals surface area contributed by atoms with Crippen molar-refractivity contribution in [1.82, 2.24) is 5.32 Å².